The fraction of sp³-hybridized carbons (Fsp3) is 0.0385. The monoisotopic (exact) mass is 594 g/mol. The Bertz CT molecular complexity index is 1940. The third-order valence-corrected chi connectivity index (χ3v) is 8.28. The fourth-order valence-corrected chi connectivity index (χ4v) is 5.80. The molecule has 0 unspecified atom stereocenters. The summed E-state index contributed by atoms with van der Waals surface area (Å²) in [5.74, 6) is -0.505. The Balaban J connectivity index is 1.50. The summed E-state index contributed by atoms with van der Waals surface area (Å²) >= 11 is 5.26. The summed E-state index contributed by atoms with van der Waals surface area (Å²) in [6.07, 6.45) is 0. The van der Waals surface area contributed by atoms with E-state index in [0.29, 0.717) is 5.69 Å². The topological polar surface area (TPSA) is 177 Å². The number of nitrogens with two attached hydrogens (primary N) is 2. The van der Waals surface area contributed by atoms with E-state index in [4.69, 9.17) is 22.5 Å². The van der Waals surface area contributed by atoms with Crippen LogP contribution < -0.4 is 25.9 Å². The van der Waals surface area contributed by atoms with Gasteiger partial charge in [0.05, 0.1) is 22.8 Å². The number of benzene rings is 4. The third-order valence-electron chi connectivity index (χ3n) is 6.21. The summed E-state index contributed by atoms with van der Waals surface area (Å²) in [4.78, 5) is 14.7. The predicted octanol–water partition coefficient (Wildman–Crippen LogP) is 2.37. The van der Waals surface area contributed by atoms with E-state index in [1.165, 1.54) is 41.3 Å². The smallest absolute Gasteiger partial charge is 0.279 e. The van der Waals surface area contributed by atoms with Crippen LogP contribution in [0.3, 0.4) is 0 Å². The van der Waals surface area contributed by atoms with E-state index in [9.17, 15) is 21.6 Å². The molecule has 0 radical (unpaired) electrons. The van der Waals surface area contributed by atoms with Gasteiger partial charge in [-0.05, 0) is 58.9 Å². The lowest BCUT2D eigenvalue weighted by molar-refractivity contribution is -0.112. The zero-order chi connectivity index (χ0) is 28.7. The van der Waals surface area contributed by atoms with Crippen LogP contribution in [0.5, 0.6) is 0 Å². The van der Waals surface area contributed by atoms with Gasteiger partial charge in [0, 0.05) is 5.56 Å². The SMILES string of the molecule is NS(=O)(=O)c1ccc2c(c1)C(=NNC(=S)Nc1ccccc1S(N)(=O)=O)C(=O)N2Cc1cccc2ccccc12. The highest BCUT2D eigenvalue weighted by molar-refractivity contribution is 7.89. The van der Waals surface area contributed by atoms with Crippen LogP contribution in [0.4, 0.5) is 11.4 Å². The van der Waals surface area contributed by atoms with Crippen molar-refractivity contribution in [3.63, 3.8) is 0 Å². The highest BCUT2D eigenvalue weighted by Crippen LogP contribution is 2.33. The number of carbonyl (C=O) groups is 1. The molecule has 0 saturated carbocycles. The zero-order valence-electron chi connectivity index (χ0n) is 20.6. The highest BCUT2D eigenvalue weighted by atomic mass is 32.2. The lowest BCUT2D eigenvalue weighted by Crippen LogP contribution is -2.32. The quantitative estimate of drug-likeness (QED) is 0.194. The number of rotatable bonds is 6. The molecule has 14 heteroatoms. The molecule has 1 amide bonds. The first-order chi connectivity index (χ1) is 18.9. The van der Waals surface area contributed by atoms with E-state index in [1.54, 1.807) is 6.07 Å². The molecule has 4 aromatic rings. The number of hydrogen-bond donors (Lipinski definition) is 4. The normalized spacial score (nSPS) is 14.4. The Kier molecular flexibility index (Phi) is 7.12. The van der Waals surface area contributed by atoms with Crippen LogP contribution in [0.2, 0.25) is 0 Å². The summed E-state index contributed by atoms with van der Waals surface area (Å²) in [5.41, 5.74) is 4.08. The Labute approximate surface area is 235 Å². The zero-order valence-corrected chi connectivity index (χ0v) is 23.1. The molecular formula is C26H22N6O5S3. The van der Waals surface area contributed by atoms with Gasteiger partial charge in [-0.25, -0.2) is 27.1 Å². The van der Waals surface area contributed by atoms with Crippen LogP contribution in [0.1, 0.15) is 11.1 Å². The Morgan fingerprint density at radius 3 is 2.33 bits per heavy atom. The highest BCUT2D eigenvalue weighted by Gasteiger charge is 2.35. The molecule has 204 valence electrons. The lowest BCUT2D eigenvalue weighted by Gasteiger charge is -2.18. The largest absolute Gasteiger partial charge is 0.330 e. The Morgan fingerprint density at radius 1 is 0.875 bits per heavy atom. The second-order valence-electron chi connectivity index (χ2n) is 8.82. The summed E-state index contributed by atoms with van der Waals surface area (Å²) in [6.45, 7) is 0.186. The van der Waals surface area contributed by atoms with Gasteiger partial charge >= 0.3 is 0 Å². The number of hydrazone groups is 1. The van der Waals surface area contributed by atoms with Gasteiger partial charge in [-0.2, -0.15) is 5.10 Å². The van der Waals surface area contributed by atoms with Gasteiger partial charge in [-0.1, -0.05) is 54.6 Å². The third kappa shape index (κ3) is 5.43. The average molecular weight is 595 g/mol. The van der Waals surface area contributed by atoms with E-state index in [-0.39, 0.29) is 38.4 Å². The summed E-state index contributed by atoms with van der Waals surface area (Å²) in [6, 6.07) is 23.5. The van der Waals surface area contributed by atoms with Crippen molar-refractivity contribution in [2.75, 3.05) is 10.2 Å². The first-order valence-electron chi connectivity index (χ1n) is 11.7. The van der Waals surface area contributed by atoms with Gasteiger partial charge in [0.25, 0.3) is 5.91 Å². The van der Waals surface area contributed by atoms with Crippen molar-refractivity contribution in [1.29, 1.82) is 0 Å². The molecule has 0 spiro atoms. The number of carbonyl (C=O) groups excluding carboxylic acids is 1. The molecule has 5 rings (SSSR count). The minimum absolute atomic E-state index is 0.106. The number of sulfonamides is 2. The summed E-state index contributed by atoms with van der Waals surface area (Å²) < 4.78 is 47.9. The Morgan fingerprint density at radius 2 is 1.57 bits per heavy atom. The minimum atomic E-state index is -4.07. The van der Waals surface area contributed by atoms with Crippen molar-refractivity contribution in [2.24, 2.45) is 15.4 Å². The molecule has 6 N–H and O–H groups in total. The van der Waals surface area contributed by atoms with Crippen molar-refractivity contribution in [1.82, 2.24) is 5.43 Å². The molecule has 0 bridgehead atoms. The van der Waals surface area contributed by atoms with Crippen molar-refractivity contribution in [2.45, 2.75) is 16.3 Å². The van der Waals surface area contributed by atoms with Crippen LogP contribution in [0.25, 0.3) is 10.8 Å². The first kappa shape index (κ1) is 27.4. The number of amides is 1. The average Bonchev–Trinajstić information content (AvgIpc) is 3.16. The molecule has 0 atom stereocenters. The number of hydrogen-bond acceptors (Lipinski definition) is 7. The van der Waals surface area contributed by atoms with E-state index in [0.717, 1.165) is 16.3 Å². The van der Waals surface area contributed by atoms with Crippen LogP contribution in [-0.4, -0.2) is 33.6 Å². The molecule has 0 aromatic heterocycles. The number of nitrogens with zero attached hydrogens (tertiary/aromatic N) is 2. The van der Waals surface area contributed by atoms with Crippen molar-refractivity contribution in [3.05, 3.63) is 96.1 Å². The van der Waals surface area contributed by atoms with Crippen LogP contribution in [-0.2, 0) is 31.4 Å². The van der Waals surface area contributed by atoms with Crippen LogP contribution >= 0.6 is 12.2 Å². The standard InChI is InChI=1S/C26H22N6O5S3/c27-39(34,35)18-12-13-22-20(14-18)24(30-31-26(38)29-21-10-3-4-11-23(21)40(28,36)37)25(33)32(22)15-17-8-5-7-16-6-1-2-9-19(16)17/h1-14H,15H2,(H2,27,34,35)(H2,28,36,37)(H2,29,31,38). The molecule has 11 nitrogen and oxygen atoms in total. The van der Waals surface area contributed by atoms with Gasteiger partial charge in [-0.15, -0.1) is 0 Å². The van der Waals surface area contributed by atoms with E-state index in [2.05, 4.69) is 15.8 Å². The van der Waals surface area contributed by atoms with Crippen LogP contribution in [0.15, 0.2) is 99.8 Å². The molecule has 0 saturated heterocycles. The maximum atomic E-state index is 13.6. The first-order valence-corrected chi connectivity index (χ1v) is 15.2. The predicted molar refractivity (Wildman–Crippen MR) is 157 cm³/mol. The van der Waals surface area contributed by atoms with Gasteiger partial charge < -0.3 is 10.2 Å². The molecular weight excluding hydrogens is 573 g/mol. The second-order valence-corrected chi connectivity index (χ2v) is 12.3. The van der Waals surface area contributed by atoms with Gasteiger partial charge in [0.15, 0.2) is 10.8 Å². The van der Waals surface area contributed by atoms with Gasteiger partial charge in [0.1, 0.15) is 4.90 Å². The molecule has 1 aliphatic heterocycles. The van der Waals surface area contributed by atoms with Gasteiger partial charge in [-0.3, -0.25) is 10.2 Å². The van der Waals surface area contributed by atoms with Crippen molar-refractivity contribution < 1.29 is 21.6 Å². The van der Waals surface area contributed by atoms with E-state index in [1.807, 2.05) is 42.5 Å². The second kappa shape index (κ2) is 10.4. The molecule has 1 aliphatic rings. The number of para-hydroxylation sites is 1. The maximum absolute atomic E-state index is 13.6. The van der Waals surface area contributed by atoms with Crippen molar-refractivity contribution >= 4 is 71.1 Å². The summed E-state index contributed by atoms with van der Waals surface area (Å²) in [5, 5.41) is 19.3. The van der Waals surface area contributed by atoms with Crippen LogP contribution in [0, 0.1) is 0 Å². The number of nitrogens with one attached hydrogen (secondary N) is 2. The molecule has 0 aliphatic carbocycles. The van der Waals surface area contributed by atoms with Crippen molar-refractivity contribution in [3.8, 4) is 0 Å². The Hall–Kier alpha value is -4.21. The number of fused-ring (bicyclic) bond motifs is 2. The number of primary sulfonamides is 2. The van der Waals surface area contributed by atoms with E-state index >= 15 is 0 Å². The molecule has 40 heavy (non-hydrogen) atoms. The van der Waals surface area contributed by atoms with E-state index < -0.39 is 26.0 Å². The fourth-order valence-electron chi connectivity index (χ4n) is 4.41. The maximum Gasteiger partial charge on any atom is 0.279 e. The number of thiocarbonyl (C=S) groups is 1. The minimum Gasteiger partial charge on any atom is -0.330 e. The molecule has 1 heterocycles. The molecule has 4 aromatic carbocycles. The number of anilines is 2. The van der Waals surface area contributed by atoms with Gasteiger partial charge in [0.2, 0.25) is 20.0 Å². The molecule has 0 fully saturated rings. The lowest BCUT2D eigenvalue weighted by atomic mass is 10.0. The summed E-state index contributed by atoms with van der Waals surface area (Å²) in [7, 11) is -8.12.